The second kappa shape index (κ2) is 6.56. The molecule has 2 unspecified atom stereocenters. The molecule has 9 heteroatoms. The summed E-state index contributed by atoms with van der Waals surface area (Å²) in [5, 5.41) is 19.6. The molecule has 0 spiro atoms. The molecule has 2 atom stereocenters. The van der Waals surface area contributed by atoms with Crippen LogP contribution >= 0.6 is 28.1 Å². The normalized spacial score (nSPS) is 23.4. The average molecular weight is 412 g/mol. The van der Waals surface area contributed by atoms with Crippen molar-refractivity contribution in [1.29, 1.82) is 0 Å². The summed E-state index contributed by atoms with van der Waals surface area (Å²) in [5.74, 6) is 0.126. The zero-order valence-electron chi connectivity index (χ0n) is 13.3. The van der Waals surface area contributed by atoms with Crippen LogP contribution in [0.3, 0.4) is 0 Å². The van der Waals surface area contributed by atoms with Crippen molar-refractivity contribution >= 4 is 45.5 Å². The van der Waals surface area contributed by atoms with E-state index < -0.39 is 0 Å². The number of nitrogens with one attached hydrogen (secondary N) is 1. The number of fused-ring (bicyclic) bond motifs is 1. The lowest BCUT2D eigenvalue weighted by Gasteiger charge is -2.25. The molecule has 24 heavy (non-hydrogen) atoms. The maximum Gasteiger partial charge on any atom is 0.323 e. The van der Waals surface area contributed by atoms with Gasteiger partial charge in [-0.1, -0.05) is 15.9 Å². The van der Waals surface area contributed by atoms with Crippen molar-refractivity contribution in [3.05, 3.63) is 28.2 Å². The van der Waals surface area contributed by atoms with Gasteiger partial charge in [-0.05, 0) is 44.3 Å². The molecule has 2 aliphatic heterocycles. The van der Waals surface area contributed by atoms with E-state index in [9.17, 15) is 9.90 Å². The van der Waals surface area contributed by atoms with Gasteiger partial charge in [0.15, 0.2) is 11.3 Å². The summed E-state index contributed by atoms with van der Waals surface area (Å²) in [5.41, 5.74) is 0.565. The second-order valence-corrected chi connectivity index (χ2v) is 6.76. The topological polar surface area (TPSA) is 71.4 Å². The van der Waals surface area contributed by atoms with Crippen molar-refractivity contribution in [3.63, 3.8) is 0 Å². The number of hydrogen-bond donors (Lipinski definition) is 2. The van der Waals surface area contributed by atoms with Crippen molar-refractivity contribution in [2.75, 3.05) is 13.1 Å². The molecule has 1 aromatic carbocycles. The van der Waals surface area contributed by atoms with Crippen molar-refractivity contribution in [1.82, 2.24) is 20.1 Å². The third-order valence-corrected chi connectivity index (χ3v) is 4.95. The van der Waals surface area contributed by atoms with Crippen molar-refractivity contribution < 1.29 is 9.90 Å². The zero-order chi connectivity index (χ0) is 17.4. The standard InChI is InChI=1S/C15H18BrN5O2S/c1-3-19-12-13(20(4-2)15(19)23)21(14(24)18-12)17-8-9-7-10(16)5-6-11(9)22/h5-8,12-13,22H,3-4H2,1-2H3,(H,18,24)/b17-8+. The van der Waals surface area contributed by atoms with Gasteiger partial charge in [0, 0.05) is 23.1 Å². The smallest absolute Gasteiger partial charge is 0.323 e. The molecule has 2 N–H and O–H groups in total. The molecular formula is C15H18BrN5O2S. The van der Waals surface area contributed by atoms with Crippen LogP contribution in [0.4, 0.5) is 4.79 Å². The van der Waals surface area contributed by atoms with Gasteiger partial charge in [0.25, 0.3) is 0 Å². The lowest BCUT2D eigenvalue weighted by molar-refractivity contribution is 0.157. The SMILES string of the molecule is CCN1C(=O)N(CC)C2C1NC(=S)N2/N=C/c1cc(Br)ccc1O. The van der Waals surface area contributed by atoms with Gasteiger partial charge in [-0.15, -0.1) is 0 Å². The number of phenolic OH excluding ortho intramolecular Hbond substituents is 1. The van der Waals surface area contributed by atoms with Crippen LogP contribution in [0.25, 0.3) is 0 Å². The lowest BCUT2D eigenvalue weighted by Crippen LogP contribution is -2.43. The number of carbonyl (C=O) groups excluding carboxylic acids is 1. The highest BCUT2D eigenvalue weighted by Crippen LogP contribution is 2.29. The molecule has 0 aliphatic carbocycles. The van der Waals surface area contributed by atoms with Crippen LogP contribution in [-0.2, 0) is 0 Å². The largest absolute Gasteiger partial charge is 0.507 e. The summed E-state index contributed by atoms with van der Waals surface area (Å²) in [6, 6.07) is 5.07. The van der Waals surface area contributed by atoms with E-state index in [0.717, 1.165) is 4.47 Å². The quantitative estimate of drug-likeness (QED) is 0.586. The first-order chi connectivity index (χ1) is 11.5. The molecule has 0 radical (unpaired) electrons. The fraction of sp³-hybridized carbons (Fsp3) is 0.400. The molecule has 128 valence electrons. The predicted molar refractivity (Wildman–Crippen MR) is 98.7 cm³/mol. The molecular weight excluding hydrogens is 394 g/mol. The molecule has 3 rings (SSSR count). The minimum Gasteiger partial charge on any atom is -0.507 e. The van der Waals surface area contributed by atoms with Crippen LogP contribution < -0.4 is 5.32 Å². The van der Waals surface area contributed by atoms with Gasteiger partial charge in [0.2, 0.25) is 0 Å². The molecule has 1 aromatic rings. The number of amides is 2. The number of hydrogen-bond acceptors (Lipinski definition) is 4. The van der Waals surface area contributed by atoms with E-state index in [1.54, 1.807) is 39.2 Å². The molecule has 2 fully saturated rings. The van der Waals surface area contributed by atoms with Crippen LogP contribution in [-0.4, -0.2) is 62.7 Å². The summed E-state index contributed by atoms with van der Waals surface area (Å²) >= 11 is 8.74. The summed E-state index contributed by atoms with van der Waals surface area (Å²) < 4.78 is 0.838. The molecule has 2 amide bonds. The number of thiocarbonyl (C=S) groups is 1. The van der Waals surface area contributed by atoms with Gasteiger partial charge in [-0.2, -0.15) is 5.10 Å². The van der Waals surface area contributed by atoms with E-state index >= 15 is 0 Å². The van der Waals surface area contributed by atoms with Gasteiger partial charge in [-0.3, -0.25) is 4.90 Å². The summed E-state index contributed by atoms with van der Waals surface area (Å²) in [7, 11) is 0. The first-order valence-corrected chi connectivity index (χ1v) is 8.87. The van der Waals surface area contributed by atoms with Gasteiger partial charge in [-0.25, -0.2) is 9.80 Å². The number of phenols is 1. The fourth-order valence-corrected chi connectivity index (χ4v) is 3.64. The number of likely N-dealkylation sites (N-methyl/N-ethyl adjacent to an activating group) is 2. The highest BCUT2D eigenvalue weighted by molar-refractivity contribution is 9.10. The third kappa shape index (κ3) is 2.71. The fourth-order valence-electron chi connectivity index (χ4n) is 2.99. The maximum atomic E-state index is 12.5. The van der Waals surface area contributed by atoms with Gasteiger partial charge in [0.1, 0.15) is 11.9 Å². The van der Waals surface area contributed by atoms with E-state index in [2.05, 4.69) is 26.3 Å². The number of aromatic hydroxyl groups is 1. The number of urea groups is 1. The van der Waals surface area contributed by atoms with Crippen LogP contribution in [0.15, 0.2) is 27.8 Å². The number of carbonyl (C=O) groups is 1. The number of benzene rings is 1. The van der Waals surface area contributed by atoms with Crippen LogP contribution in [0.2, 0.25) is 0 Å². The first kappa shape index (κ1) is 17.0. The Balaban J connectivity index is 1.90. The summed E-state index contributed by atoms with van der Waals surface area (Å²) in [4.78, 5) is 15.9. The molecule has 0 bridgehead atoms. The minimum atomic E-state index is -0.291. The van der Waals surface area contributed by atoms with Gasteiger partial charge in [0.05, 0.1) is 6.21 Å². The Morgan fingerprint density at radius 2 is 2.08 bits per heavy atom. The van der Waals surface area contributed by atoms with E-state index in [4.69, 9.17) is 12.2 Å². The third-order valence-electron chi connectivity index (χ3n) is 4.15. The Hall–Kier alpha value is -1.87. The number of hydrazone groups is 1. The van der Waals surface area contributed by atoms with Crippen molar-refractivity contribution in [3.8, 4) is 5.75 Å². The molecule has 2 heterocycles. The second-order valence-electron chi connectivity index (χ2n) is 5.45. The number of halogens is 1. The van der Waals surface area contributed by atoms with E-state index in [-0.39, 0.29) is 24.1 Å². The monoisotopic (exact) mass is 411 g/mol. The molecule has 2 saturated heterocycles. The average Bonchev–Trinajstić information content (AvgIpc) is 2.99. The molecule has 2 aliphatic rings. The summed E-state index contributed by atoms with van der Waals surface area (Å²) in [6.45, 7) is 5.02. The molecule has 0 aromatic heterocycles. The van der Waals surface area contributed by atoms with Gasteiger partial charge < -0.3 is 15.3 Å². The Labute approximate surface area is 154 Å². The Morgan fingerprint density at radius 3 is 2.75 bits per heavy atom. The Morgan fingerprint density at radius 1 is 1.38 bits per heavy atom. The van der Waals surface area contributed by atoms with Crippen LogP contribution in [0.1, 0.15) is 19.4 Å². The van der Waals surface area contributed by atoms with E-state index in [0.29, 0.717) is 23.8 Å². The Kier molecular flexibility index (Phi) is 4.64. The van der Waals surface area contributed by atoms with E-state index in [1.807, 2.05) is 13.8 Å². The first-order valence-electron chi connectivity index (χ1n) is 7.67. The molecule has 0 saturated carbocycles. The Bertz CT molecular complexity index is 713. The number of nitrogens with zero attached hydrogens (tertiary/aromatic N) is 4. The van der Waals surface area contributed by atoms with Gasteiger partial charge >= 0.3 is 6.03 Å². The predicted octanol–water partition coefficient (Wildman–Crippen LogP) is 2.11. The highest BCUT2D eigenvalue weighted by atomic mass is 79.9. The zero-order valence-corrected chi connectivity index (χ0v) is 15.7. The molecule has 7 nitrogen and oxygen atoms in total. The van der Waals surface area contributed by atoms with Crippen molar-refractivity contribution in [2.45, 2.75) is 26.2 Å². The minimum absolute atomic E-state index is 0.0319. The van der Waals surface area contributed by atoms with Crippen LogP contribution in [0, 0.1) is 0 Å². The van der Waals surface area contributed by atoms with E-state index in [1.165, 1.54) is 0 Å². The van der Waals surface area contributed by atoms with Crippen molar-refractivity contribution in [2.24, 2.45) is 5.10 Å². The summed E-state index contributed by atoms with van der Waals surface area (Å²) in [6.07, 6.45) is 1.03. The number of rotatable bonds is 4. The lowest BCUT2D eigenvalue weighted by atomic mass is 10.2. The highest BCUT2D eigenvalue weighted by Gasteiger charge is 2.53. The maximum absolute atomic E-state index is 12.5. The van der Waals surface area contributed by atoms with Crippen LogP contribution in [0.5, 0.6) is 5.75 Å².